The molecule has 2 heteroatoms. The minimum absolute atomic E-state index is 1.32. The number of rotatable bonds is 2. The number of pyridine rings is 2. The van der Waals surface area contributed by atoms with E-state index in [1.54, 1.807) is 0 Å². The maximum Gasteiger partial charge on any atom is 0.215 e. The predicted molar refractivity (Wildman–Crippen MR) is 139 cm³/mol. The first kappa shape index (κ1) is 24.4. The lowest BCUT2D eigenvalue weighted by Crippen LogP contribution is -2.33. The number of hydrogen-bond acceptors (Lipinski definition) is 0. The van der Waals surface area contributed by atoms with Gasteiger partial charge < -0.3 is 0 Å². The summed E-state index contributed by atoms with van der Waals surface area (Å²) in [5.41, 5.74) is 14.8. The van der Waals surface area contributed by atoms with Gasteiger partial charge in [-0.15, -0.1) is 0 Å². The van der Waals surface area contributed by atoms with Crippen molar-refractivity contribution in [3.8, 4) is 22.5 Å². The second-order valence-electron chi connectivity index (χ2n) is 9.23. The molecule has 0 saturated carbocycles. The number of aryl methyl sites for hydroxylation is 6. The third-order valence-electron chi connectivity index (χ3n) is 6.90. The van der Waals surface area contributed by atoms with E-state index in [0.717, 1.165) is 0 Å². The molecule has 2 heterocycles. The molecule has 0 N–H and O–H groups in total. The van der Waals surface area contributed by atoms with E-state index in [9.17, 15) is 0 Å². The van der Waals surface area contributed by atoms with E-state index in [1.165, 1.54) is 61.5 Å². The van der Waals surface area contributed by atoms with Gasteiger partial charge in [0.15, 0.2) is 12.4 Å². The van der Waals surface area contributed by atoms with Crippen molar-refractivity contribution in [1.29, 1.82) is 0 Å². The standard InChI is InChI=1S/C16H20N.C15H18N/c1-11-8-6-7-9-15(11)16-14(4)13(3)12(2)10-17(16)5;1-11-9-10-16(4)15(13(11)3)14-8-6-5-7-12(14)2/h6-10H,1-5H3;5-10H,1-4H3/q2*+1. The van der Waals surface area contributed by atoms with E-state index in [1.807, 2.05) is 0 Å². The van der Waals surface area contributed by atoms with Crippen LogP contribution >= 0.6 is 0 Å². The molecule has 4 aromatic rings. The van der Waals surface area contributed by atoms with Gasteiger partial charge in [0.25, 0.3) is 0 Å². The zero-order chi connectivity index (χ0) is 24.3. The summed E-state index contributed by atoms with van der Waals surface area (Å²) in [6.07, 6.45) is 4.34. The summed E-state index contributed by atoms with van der Waals surface area (Å²) >= 11 is 0. The van der Waals surface area contributed by atoms with Crippen molar-refractivity contribution in [2.75, 3.05) is 0 Å². The summed E-state index contributed by atoms with van der Waals surface area (Å²) in [5.74, 6) is 0. The molecule has 2 aromatic carbocycles. The second-order valence-corrected chi connectivity index (χ2v) is 9.23. The lowest BCUT2D eigenvalue weighted by molar-refractivity contribution is -0.661. The van der Waals surface area contributed by atoms with Gasteiger partial charge in [0, 0.05) is 33.9 Å². The van der Waals surface area contributed by atoms with Crippen LogP contribution in [-0.4, -0.2) is 0 Å². The average Bonchev–Trinajstić information content (AvgIpc) is 2.78. The average molecular weight is 439 g/mol. The van der Waals surface area contributed by atoms with Crippen LogP contribution in [0.25, 0.3) is 22.5 Å². The van der Waals surface area contributed by atoms with Crippen molar-refractivity contribution < 1.29 is 9.13 Å². The second kappa shape index (κ2) is 10.1. The molecule has 0 aliphatic carbocycles. The van der Waals surface area contributed by atoms with E-state index in [2.05, 4.69) is 139 Å². The van der Waals surface area contributed by atoms with Gasteiger partial charge in [0.1, 0.15) is 14.1 Å². The molecule has 2 nitrogen and oxygen atoms in total. The van der Waals surface area contributed by atoms with Crippen molar-refractivity contribution in [3.05, 3.63) is 106 Å². The molecule has 170 valence electrons. The summed E-state index contributed by atoms with van der Waals surface area (Å²) in [6.45, 7) is 15.3. The van der Waals surface area contributed by atoms with Crippen LogP contribution in [0.5, 0.6) is 0 Å². The van der Waals surface area contributed by atoms with Crippen LogP contribution in [0.1, 0.15) is 38.9 Å². The molecule has 0 atom stereocenters. The van der Waals surface area contributed by atoms with Crippen molar-refractivity contribution in [1.82, 2.24) is 0 Å². The molecular weight excluding hydrogens is 400 g/mol. The Morgan fingerprint density at radius 1 is 0.455 bits per heavy atom. The molecular formula is C31H38N2+2. The van der Waals surface area contributed by atoms with Gasteiger partial charge in [-0.2, -0.15) is 0 Å². The third-order valence-corrected chi connectivity index (χ3v) is 6.90. The van der Waals surface area contributed by atoms with Gasteiger partial charge in [-0.25, -0.2) is 9.13 Å². The van der Waals surface area contributed by atoms with Crippen LogP contribution < -0.4 is 9.13 Å². The highest BCUT2D eigenvalue weighted by Gasteiger charge is 2.18. The zero-order valence-corrected chi connectivity index (χ0v) is 21.7. The highest BCUT2D eigenvalue weighted by molar-refractivity contribution is 5.66. The largest absolute Gasteiger partial charge is 0.215 e. The minimum atomic E-state index is 1.32. The highest BCUT2D eigenvalue weighted by Crippen LogP contribution is 2.26. The van der Waals surface area contributed by atoms with Crippen LogP contribution in [-0.2, 0) is 14.1 Å². The fraction of sp³-hybridized carbons (Fsp3) is 0.290. The van der Waals surface area contributed by atoms with Gasteiger partial charge >= 0.3 is 0 Å². The molecule has 0 saturated heterocycles. The quantitative estimate of drug-likeness (QED) is 0.315. The van der Waals surface area contributed by atoms with E-state index < -0.39 is 0 Å². The maximum atomic E-state index is 2.24. The van der Waals surface area contributed by atoms with Gasteiger partial charge in [-0.05, 0) is 82.9 Å². The monoisotopic (exact) mass is 438 g/mol. The van der Waals surface area contributed by atoms with E-state index in [4.69, 9.17) is 0 Å². The van der Waals surface area contributed by atoms with Gasteiger partial charge in [-0.3, -0.25) is 0 Å². The van der Waals surface area contributed by atoms with Crippen molar-refractivity contribution in [2.45, 2.75) is 48.5 Å². The van der Waals surface area contributed by atoms with Crippen LogP contribution in [0, 0.1) is 48.5 Å². The van der Waals surface area contributed by atoms with E-state index in [0.29, 0.717) is 0 Å². The predicted octanol–water partition coefficient (Wildman–Crippen LogP) is 6.52. The Morgan fingerprint density at radius 3 is 1.45 bits per heavy atom. The summed E-state index contributed by atoms with van der Waals surface area (Å²) in [7, 11) is 4.23. The Labute approximate surface area is 200 Å². The molecule has 0 amide bonds. The molecule has 0 aliphatic rings. The van der Waals surface area contributed by atoms with E-state index in [-0.39, 0.29) is 0 Å². The molecule has 0 aliphatic heterocycles. The SMILES string of the molecule is Cc1ccccc1-c1c(C)c(C)c(C)c[n+]1C.Cc1ccccc1-c1c(C)c(C)cc[n+]1C. The molecule has 0 fully saturated rings. The summed E-state index contributed by atoms with van der Waals surface area (Å²) in [5, 5.41) is 0. The third kappa shape index (κ3) is 5.06. The van der Waals surface area contributed by atoms with Crippen LogP contribution in [0.3, 0.4) is 0 Å². The molecule has 0 radical (unpaired) electrons. The molecule has 0 unspecified atom stereocenters. The van der Waals surface area contributed by atoms with Crippen molar-refractivity contribution >= 4 is 0 Å². The Hall–Kier alpha value is -3.26. The Kier molecular flexibility index (Phi) is 7.48. The van der Waals surface area contributed by atoms with Crippen LogP contribution in [0.2, 0.25) is 0 Å². The first-order valence-electron chi connectivity index (χ1n) is 11.7. The number of aromatic nitrogens is 2. The molecule has 2 aromatic heterocycles. The maximum absolute atomic E-state index is 2.24. The first-order valence-corrected chi connectivity index (χ1v) is 11.7. The molecule has 0 spiro atoms. The van der Waals surface area contributed by atoms with Gasteiger partial charge in [-0.1, -0.05) is 36.4 Å². The lowest BCUT2D eigenvalue weighted by Gasteiger charge is -2.10. The van der Waals surface area contributed by atoms with Crippen LogP contribution in [0.15, 0.2) is 67.0 Å². The van der Waals surface area contributed by atoms with Gasteiger partial charge in [0.05, 0.1) is 0 Å². The summed E-state index contributed by atoms with van der Waals surface area (Å²) < 4.78 is 4.44. The minimum Gasteiger partial charge on any atom is -0.201 e. The summed E-state index contributed by atoms with van der Waals surface area (Å²) in [4.78, 5) is 0. The Bertz CT molecular complexity index is 1300. The van der Waals surface area contributed by atoms with Gasteiger partial charge in [0.2, 0.25) is 11.4 Å². The van der Waals surface area contributed by atoms with E-state index >= 15 is 0 Å². The zero-order valence-electron chi connectivity index (χ0n) is 21.7. The number of benzene rings is 2. The molecule has 4 rings (SSSR count). The molecule has 0 bridgehead atoms. The Morgan fingerprint density at radius 2 is 0.939 bits per heavy atom. The smallest absolute Gasteiger partial charge is 0.201 e. The fourth-order valence-electron chi connectivity index (χ4n) is 4.53. The first-order chi connectivity index (χ1) is 15.6. The van der Waals surface area contributed by atoms with Crippen molar-refractivity contribution in [2.24, 2.45) is 14.1 Å². The highest BCUT2D eigenvalue weighted by atomic mass is 14.9. The molecule has 33 heavy (non-hydrogen) atoms. The number of nitrogens with zero attached hydrogens (tertiary/aromatic N) is 2. The van der Waals surface area contributed by atoms with Crippen LogP contribution in [0.4, 0.5) is 0 Å². The topological polar surface area (TPSA) is 7.76 Å². The lowest BCUT2D eigenvalue weighted by atomic mass is 9.97. The Balaban J connectivity index is 0.000000186. The summed E-state index contributed by atoms with van der Waals surface area (Å²) in [6, 6.07) is 19.3. The normalized spacial score (nSPS) is 10.6. The van der Waals surface area contributed by atoms with Crippen molar-refractivity contribution in [3.63, 3.8) is 0 Å². The number of hydrogen-bond donors (Lipinski definition) is 0. The fourth-order valence-corrected chi connectivity index (χ4v) is 4.53.